The van der Waals surface area contributed by atoms with E-state index in [4.69, 9.17) is 0 Å². The monoisotopic (exact) mass is 170 g/mol. The molecule has 0 radical (unpaired) electrons. The van der Waals surface area contributed by atoms with Crippen molar-refractivity contribution in [2.24, 2.45) is 0 Å². The lowest BCUT2D eigenvalue weighted by Crippen LogP contribution is -1.97. The third-order valence-electron chi connectivity index (χ3n) is 2.00. The first-order valence-corrected chi connectivity index (χ1v) is 3.98. The zero-order valence-corrected chi connectivity index (χ0v) is 7.49. The average molecular weight is 170 g/mol. The van der Waals surface area contributed by atoms with Gasteiger partial charge in [-0.1, -0.05) is 19.9 Å². The molecular formula is C10H12F2. The van der Waals surface area contributed by atoms with Crippen LogP contribution in [0.15, 0.2) is 12.1 Å². The summed E-state index contributed by atoms with van der Waals surface area (Å²) in [5, 5.41) is 0. The molecule has 12 heavy (non-hydrogen) atoms. The Labute approximate surface area is 71.2 Å². The van der Waals surface area contributed by atoms with E-state index >= 15 is 0 Å². The summed E-state index contributed by atoms with van der Waals surface area (Å²) >= 11 is 0. The number of rotatable bonds is 1. The molecule has 0 aliphatic rings. The molecule has 66 valence electrons. The van der Waals surface area contributed by atoms with Crippen LogP contribution < -0.4 is 0 Å². The van der Waals surface area contributed by atoms with Crippen LogP contribution >= 0.6 is 0 Å². The van der Waals surface area contributed by atoms with Gasteiger partial charge in [0.2, 0.25) is 0 Å². The van der Waals surface area contributed by atoms with Gasteiger partial charge in [-0.3, -0.25) is 0 Å². The third-order valence-corrected chi connectivity index (χ3v) is 2.00. The fourth-order valence-electron chi connectivity index (χ4n) is 1.29. The van der Waals surface area contributed by atoms with Gasteiger partial charge in [0.25, 0.3) is 0 Å². The summed E-state index contributed by atoms with van der Waals surface area (Å²) in [5.74, 6) is -1.25. The standard InChI is InChI=1S/C10H12F2/c1-6(2)8-4-5-9(11)10(12)7(8)3/h4-6H,1-3H3. The summed E-state index contributed by atoms with van der Waals surface area (Å²) in [6.07, 6.45) is 0. The molecule has 0 saturated carbocycles. The Bertz CT molecular complexity index is 290. The highest BCUT2D eigenvalue weighted by Crippen LogP contribution is 2.22. The highest BCUT2D eigenvalue weighted by atomic mass is 19.2. The van der Waals surface area contributed by atoms with Crippen molar-refractivity contribution in [1.82, 2.24) is 0 Å². The summed E-state index contributed by atoms with van der Waals surface area (Å²) in [4.78, 5) is 0. The molecule has 0 atom stereocenters. The molecule has 0 heterocycles. The van der Waals surface area contributed by atoms with Gasteiger partial charge in [0.1, 0.15) is 0 Å². The number of hydrogen-bond donors (Lipinski definition) is 0. The molecule has 1 rings (SSSR count). The minimum atomic E-state index is -0.767. The lowest BCUT2D eigenvalue weighted by Gasteiger charge is -2.09. The summed E-state index contributed by atoms with van der Waals surface area (Å²) in [5.41, 5.74) is 1.29. The van der Waals surface area contributed by atoms with Gasteiger partial charge in [-0.2, -0.15) is 0 Å². The molecule has 0 nitrogen and oxygen atoms in total. The van der Waals surface area contributed by atoms with Crippen LogP contribution in [0.3, 0.4) is 0 Å². The van der Waals surface area contributed by atoms with Crippen LogP contribution in [0.1, 0.15) is 30.9 Å². The Morgan fingerprint density at radius 3 is 2.25 bits per heavy atom. The Morgan fingerprint density at radius 1 is 1.17 bits per heavy atom. The molecule has 0 aliphatic heterocycles. The maximum Gasteiger partial charge on any atom is 0.162 e. The van der Waals surface area contributed by atoms with Crippen LogP contribution in [0, 0.1) is 18.6 Å². The second-order valence-electron chi connectivity index (χ2n) is 3.23. The normalized spacial score (nSPS) is 10.8. The van der Waals surface area contributed by atoms with Crippen LogP contribution in [-0.4, -0.2) is 0 Å². The van der Waals surface area contributed by atoms with Gasteiger partial charge in [0.05, 0.1) is 0 Å². The first-order valence-electron chi connectivity index (χ1n) is 3.98. The highest BCUT2D eigenvalue weighted by Gasteiger charge is 2.10. The molecule has 0 bridgehead atoms. The van der Waals surface area contributed by atoms with Gasteiger partial charge >= 0.3 is 0 Å². The SMILES string of the molecule is Cc1c(C(C)C)ccc(F)c1F. The van der Waals surface area contributed by atoms with Crippen molar-refractivity contribution < 1.29 is 8.78 Å². The molecule has 0 spiro atoms. The Hall–Kier alpha value is -0.920. The molecule has 0 aliphatic carbocycles. The lowest BCUT2D eigenvalue weighted by molar-refractivity contribution is 0.500. The topological polar surface area (TPSA) is 0 Å². The predicted molar refractivity (Wildman–Crippen MR) is 45.2 cm³/mol. The summed E-state index contributed by atoms with van der Waals surface area (Å²) in [7, 11) is 0. The molecule has 0 unspecified atom stereocenters. The minimum Gasteiger partial charge on any atom is -0.204 e. The molecule has 1 aromatic carbocycles. The van der Waals surface area contributed by atoms with Crippen LogP contribution in [-0.2, 0) is 0 Å². The van der Waals surface area contributed by atoms with E-state index in [2.05, 4.69) is 0 Å². The highest BCUT2D eigenvalue weighted by molar-refractivity contribution is 5.30. The second kappa shape index (κ2) is 3.21. The zero-order chi connectivity index (χ0) is 9.30. The van der Waals surface area contributed by atoms with E-state index < -0.39 is 11.6 Å². The van der Waals surface area contributed by atoms with Crippen LogP contribution in [0.25, 0.3) is 0 Å². The van der Waals surface area contributed by atoms with E-state index in [1.807, 2.05) is 13.8 Å². The Morgan fingerprint density at radius 2 is 1.75 bits per heavy atom. The van der Waals surface area contributed by atoms with Gasteiger partial charge in [0.15, 0.2) is 11.6 Å². The Kier molecular flexibility index (Phi) is 2.46. The molecule has 0 N–H and O–H groups in total. The molecule has 0 fully saturated rings. The van der Waals surface area contributed by atoms with Gasteiger partial charge in [0, 0.05) is 0 Å². The molecule has 0 aromatic heterocycles. The maximum atomic E-state index is 13.0. The van der Waals surface area contributed by atoms with Gasteiger partial charge < -0.3 is 0 Å². The predicted octanol–water partition coefficient (Wildman–Crippen LogP) is 3.40. The first kappa shape index (κ1) is 9.17. The number of halogens is 2. The summed E-state index contributed by atoms with van der Waals surface area (Å²) in [6, 6.07) is 2.82. The van der Waals surface area contributed by atoms with Crippen molar-refractivity contribution in [2.45, 2.75) is 26.7 Å². The summed E-state index contributed by atoms with van der Waals surface area (Å²) < 4.78 is 25.6. The fraction of sp³-hybridized carbons (Fsp3) is 0.400. The van der Waals surface area contributed by atoms with Crippen molar-refractivity contribution in [2.75, 3.05) is 0 Å². The van der Waals surface area contributed by atoms with Gasteiger partial charge in [-0.15, -0.1) is 0 Å². The number of hydrogen-bond acceptors (Lipinski definition) is 0. The van der Waals surface area contributed by atoms with E-state index in [-0.39, 0.29) is 5.92 Å². The smallest absolute Gasteiger partial charge is 0.162 e. The van der Waals surface area contributed by atoms with Crippen molar-refractivity contribution in [3.05, 3.63) is 34.9 Å². The number of benzene rings is 1. The van der Waals surface area contributed by atoms with Gasteiger partial charge in [-0.25, -0.2) is 8.78 Å². The molecule has 2 heteroatoms. The lowest BCUT2D eigenvalue weighted by atomic mass is 9.98. The van der Waals surface area contributed by atoms with E-state index in [0.717, 1.165) is 5.56 Å². The van der Waals surface area contributed by atoms with E-state index in [9.17, 15) is 8.78 Å². The zero-order valence-electron chi connectivity index (χ0n) is 7.49. The minimum absolute atomic E-state index is 0.236. The quantitative estimate of drug-likeness (QED) is 0.606. The van der Waals surface area contributed by atoms with Crippen LogP contribution in [0.5, 0.6) is 0 Å². The average Bonchev–Trinajstić information content (AvgIpc) is 2.00. The largest absolute Gasteiger partial charge is 0.204 e. The molecule has 0 saturated heterocycles. The van der Waals surface area contributed by atoms with Gasteiger partial charge in [-0.05, 0) is 30.0 Å². The van der Waals surface area contributed by atoms with Crippen molar-refractivity contribution in [3.63, 3.8) is 0 Å². The first-order chi connectivity index (χ1) is 5.54. The molecule has 0 amide bonds. The van der Waals surface area contributed by atoms with E-state index in [0.29, 0.717) is 5.56 Å². The van der Waals surface area contributed by atoms with Crippen molar-refractivity contribution in [1.29, 1.82) is 0 Å². The van der Waals surface area contributed by atoms with Crippen molar-refractivity contribution in [3.8, 4) is 0 Å². The second-order valence-corrected chi connectivity index (χ2v) is 3.23. The maximum absolute atomic E-state index is 13.0. The fourth-order valence-corrected chi connectivity index (χ4v) is 1.29. The molecule has 1 aromatic rings. The molecular weight excluding hydrogens is 158 g/mol. The van der Waals surface area contributed by atoms with Crippen LogP contribution in [0.4, 0.5) is 8.78 Å². The van der Waals surface area contributed by atoms with E-state index in [1.54, 1.807) is 13.0 Å². The summed E-state index contributed by atoms with van der Waals surface area (Å²) in [6.45, 7) is 5.52. The van der Waals surface area contributed by atoms with Crippen molar-refractivity contribution >= 4 is 0 Å². The Balaban J connectivity index is 3.27. The van der Waals surface area contributed by atoms with E-state index in [1.165, 1.54) is 6.07 Å². The van der Waals surface area contributed by atoms with Crippen LogP contribution in [0.2, 0.25) is 0 Å². The third kappa shape index (κ3) is 1.47.